The molecular weight excluding hydrogens is 186 g/mol. The third-order valence-corrected chi connectivity index (χ3v) is 2.85. The van der Waals surface area contributed by atoms with Crippen LogP contribution in [0.3, 0.4) is 0 Å². The number of hydrogen-bond donors (Lipinski definition) is 1. The maximum Gasteiger partial charge on any atom is 0.320 e. The second kappa shape index (κ2) is 4.72. The minimum Gasteiger partial charge on any atom is -0.328 e. The smallest absolute Gasteiger partial charge is 0.320 e. The van der Waals surface area contributed by atoms with E-state index in [4.69, 9.17) is 5.14 Å². The van der Waals surface area contributed by atoms with Crippen LogP contribution >= 0.6 is 11.9 Å². The van der Waals surface area contributed by atoms with Gasteiger partial charge in [0.15, 0.2) is 0 Å². The van der Waals surface area contributed by atoms with Crippen LogP contribution in [0, 0.1) is 0 Å². The van der Waals surface area contributed by atoms with E-state index in [9.17, 15) is 4.79 Å². The molecule has 0 aromatic heterocycles. The van der Waals surface area contributed by atoms with Crippen molar-refractivity contribution in [2.45, 2.75) is 19.4 Å². The van der Waals surface area contributed by atoms with Crippen LogP contribution in [0.2, 0.25) is 0 Å². The number of carbonyl (C=O) groups is 1. The largest absolute Gasteiger partial charge is 0.328 e. The first-order valence-electron chi connectivity index (χ1n) is 4.50. The fourth-order valence-corrected chi connectivity index (χ4v) is 1.81. The standard InChI is InChI=1S/C8H17N3OS/c1-7-3-4-10(2)8(12)11(7)5-6-13-9/h7H,3-6,9H2,1-2H3. The average molecular weight is 203 g/mol. The van der Waals surface area contributed by atoms with Crippen LogP contribution in [0.5, 0.6) is 0 Å². The van der Waals surface area contributed by atoms with Gasteiger partial charge in [-0.1, -0.05) is 11.9 Å². The molecule has 1 fully saturated rings. The highest BCUT2D eigenvalue weighted by atomic mass is 32.2. The summed E-state index contributed by atoms with van der Waals surface area (Å²) in [6, 6.07) is 0.489. The highest BCUT2D eigenvalue weighted by Crippen LogP contribution is 2.14. The lowest BCUT2D eigenvalue weighted by Gasteiger charge is -2.38. The third-order valence-electron chi connectivity index (χ3n) is 2.44. The van der Waals surface area contributed by atoms with Gasteiger partial charge in [0, 0.05) is 31.9 Å². The Kier molecular flexibility index (Phi) is 3.87. The molecule has 5 heteroatoms. The predicted octanol–water partition coefficient (Wildman–Crippen LogP) is 0.739. The van der Waals surface area contributed by atoms with Crippen molar-refractivity contribution in [3.63, 3.8) is 0 Å². The Balaban J connectivity index is 2.51. The lowest BCUT2D eigenvalue weighted by atomic mass is 10.1. The van der Waals surface area contributed by atoms with Gasteiger partial charge in [0.1, 0.15) is 0 Å². The molecule has 0 bridgehead atoms. The zero-order valence-electron chi connectivity index (χ0n) is 8.19. The second-order valence-corrected chi connectivity index (χ2v) is 4.15. The van der Waals surface area contributed by atoms with E-state index in [1.54, 1.807) is 4.90 Å². The van der Waals surface area contributed by atoms with Crippen LogP contribution in [-0.2, 0) is 0 Å². The van der Waals surface area contributed by atoms with Gasteiger partial charge in [0.2, 0.25) is 0 Å². The minimum absolute atomic E-state index is 0.132. The molecule has 1 saturated heterocycles. The molecule has 0 aromatic carbocycles. The molecule has 0 spiro atoms. The van der Waals surface area contributed by atoms with Gasteiger partial charge < -0.3 is 9.80 Å². The maximum absolute atomic E-state index is 11.6. The van der Waals surface area contributed by atoms with Crippen molar-refractivity contribution in [3.8, 4) is 0 Å². The van der Waals surface area contributed by atoms with E-state index in [-0.39, 0.29) is 6.03 Å². The lowest BCUT2D eigenvalue weighted by Crippen LogP contribution is -2.52. The topological polar surface area (TPSA) is 49.6 Å². The van der Waals surface area contributed by atoms with Crippen molar-refractivity contribution >= 4 is 18.0 Å². The first kappa shape index (κ1) is 10.7. The molecule has 4 nitrogen and oxygen atoms in total. The van der Waals surface area contributed by atoms with Crippen LogP contribution in [0.25, 0.3) is 0 Å². The molecule has 0 aromatic rings. The normalized spacial score (nSPS) is 23.9. The molecule has 1 aliphatic heterocycles. The van der Waals surface area contributed by atoms with E-state index in [0.29, 0.717) is 6.04 Å². The van der Waals surface area contributed by atoms with Crippen molar-refractivity contribution in [2.24, 2.45) is 5.14 Å². The number of nitrogens with zero attached hydrogens (tertiary/aromatic N) is 2. The molecule has 1 unspecified atom stereocenters. The number of rotatable bonds is 3. The van der Waals surface area contributed by atoms with Gasteiger partial charge in [-0.2, -0.15) is 0 Å². The highest BCUT2D eigenvalue weighted by molar-refractivity contribution is 7.97. The first-order valence-corrected chi connectivity index (χ1v) is 5.55. The Morgan fingerprint density at radius 1 is 1.69 bits per heavy atom. The van der Waals surface area contributed by atoms with Crippen molar-refractivity contribution in [3.05, 3.63) is 0 Å². The zero-order chi connectivity index (χ0) is 9.84. The molecule has 0 saturated carbocycles. The molecule has 1 rings (SSSR count). The van der Waals surface area contributed by atoms with Crippen LogP contribution in [-0.4, -0.2) is 47.8 Å². The fourth-order valence-electron chi connectivity index (χ4n) is 1.51. The van der Waals surface area contributed by atoms with Crippen molar-refractivity contribution in [1.82, 2.24) is 9.80 Å². The van der Waals surface area contributed by atoms with Gasteiger partial charge >= 0.3 is 6.03 Å². The van der Waals surface area contributed by atoms with Crippen LogP contribution < -0.4 is 5.14 Å². The average Bonchev–Trinajstić information content (AvgIpc) is 2.12. The Morgan fingerprint density at radius 3 is 3.00 bits per heavy atom. The second-order valence-electron chi connectivity index (χ2n) is 3.41. The summed E-state index contributed by atoms with van der Waals surface area (Å²) in [6.45, 7) is 3.71. The summed E-state index contributed by atoms with van der Waals surface area (Å²) in [5, 5.41) is 5.34. The van der Waals surface area contributed by atoms with Crippen LogP contribution in [0.4, 0.5) is 4.79 Å². The summed E-state index contributed by atoms with van der Waals surface area (Å²) in [6.07, 6.45) is 1.05. The molecule has 0 aliphatic carbocycles. The van der Waals surface area contributed by atoms with Gasteiger partial charge in [-0.05, 0) is 13.3 Å². The van der Waals surface area contributed by atoms with E-state index in [0.717, 1.165) is 25.3 Å². The number of urea groups is 1. The van der Waals surface area contributed by atoms with Crippen LogP contribution in [0.15, 0.2) is 0 Å². The highest BCUT2D eigenvalue weighted by Gasteiger charge is 2.27. The minimum atomic E-state index is 0.132. The van der Waals surface area contributed by atoms with Gasteiger partial charge in [-0.15, -0.1) is 0 Å². The fraction of sp³-hybridized carbons (Fsp3) is 0.875. The summed E-state index contributed by atoms with van der Waals surface area (Å²) in [5.41, 5.74) is 0. The first-order chi connectivity index (χ1) is 6.16. The van der Waals surface area contributed by atoms with Crippen molar-refractivity contribution < 1.29 is 4.79 Å². The quantitative estimate of drug-likeness (QED) is 0.688. The van der Waals surface area contributed by atoms with Gasteiger partial charge in [0.25, 0.3) is 0 Å². The van der Waals surface area contributed by atoms with Crippen molar-refractivity contribution in [2.75, 3.05) is 25.9 Å². The molecule has 76 valence electrons. The Hall–Kier alpha value is -0.420. The zero-order valence-corrected chi connectivity index (χ0v) is 9.01. The molecule has 13 heavy (non-hydrogen) atoms. The molecule has 2 N–H and O–H groups in total. The SMILES string of the molecule is CC1CCN(C)C(=O)N1CCSN. The third kappa shape index (κ3) is 2.51. The van der Waals surface area contributed by atoms with E-state index in [2.05, 4.69) is 6.92 Å². The molecule has 2 amide bonds. The lowest BCUT2D eigenvalue weighted by molar-refractivity contribution is 0.119. The molecular formula is C8H17N3OS. The summed E-state index contributed by atoms with van der Waals surface area (Å²) < 4.78 is 0. The summed E-state index contributed by atoms with van der Waals surface area (Å²) in [5.74, 6) is 0.809. The predicted molar refractivity (Wildman–Crippen MR) is 55.5 cm³/mol. The van der Waals surface area contributed by atoms with Crippen LogP contribution in [0.1, 0.15) is 13.3 Å². The van der Waals surface area contributed by atoms with E-state index < -0.39 is 0 Å². The number of carbonyl (C=O) groups excluding carboxylic acids is 1. The summed E-state index contributed by atoms with van der Waals surface area (Å²) in [7, 11) is 1.84. The molecule has 1 atom stereocenters. The summed E-state index contributed by atoms with van der Waals surface area (Å²) >= 11 is 1.29. The monoisotopic (exact) mass is 203 g/mol. The van der Waals surface area contributed by atoms with E-state index in [1.807, 2.05) is 11.9 Å². The number of hydrogen-bond acceptors (Lipinski definition) is 3. The van der Waals surface area contributed by atoms with Gasteiger partial charge in [0.05, 0.1) is 0 Å². The molecule has 0 radical (unpaired) electrons. The van der Waals surface area contributed by atoms with Gasteiger partial charge in [-0.25, -0.2) is 4.79 Å². The number of nitrogens with two attached hydrogens (primary N) is 1. The summed E-state index contributed by atoms with van der Waals surface area (Å²) in [4.78, 5) is 15.3. The van der Waals surface area contributed by atoms with Crippen molar-refractivity contribution in [1.29, 1.82) is 0 Å². The maximum atomic E-state index is 11.6. The Morgan fingerprint density at radius 2 is 2.38 bits per heavy atom. The molecule has 1 heterocycles. The number of amides is 2. The van der Waals surface area contributed by atoms with E-state index in [1.165, 1.54) is 11.9 Å². The van der Waals surface area contributed by atoms with Gasteiger partial charge in [-0.3, -0.25) is 5.14 Å². The van der Waals surface area contributed by atoms with E-state index >= 15 is 0 Å². The molecule has 1 aliphatic rings. The Labute approximate surface area is 83.6 Å². The Bertz CT molecular complexity index is 188.